The molecule has 1 unspecified atom stereocenters. The smallest absolute Gasteiger partial charge is 0.227 e. The molecule has 7 heteroatoms. The third-order valence-electron chi connectivity index (χ3n) is 4.98. The zero-order valence-electron chi connectivity index (χ0n) is 15.9. The zero-order valence-corrected chi connectivity index (χ0v) is 15.9. The molecule has 6 nitrogen and oxygen atoms in total. The lowest BCUT2D eigenvalue weighted by Gasteiger charge is -2.16. The van der Waals surface area contributed by atoms with Crippen molar-refractivity contribution in [2.24, 2.45) is 5.92 Å². The molecule has 1 saturated heterocycles. The second-order valence-electron chi connectivity index (χ2n) is 7.12. The number of anilines is 1. The average molecular weight is 393 g/mol. The van der Waals surface area contributed by atoms with Gasteiger partial charge in [0.25, 0.3) is 0 Å². The minimum absolute atomic E-state index is 0.0720. The largest absolute Gasteiger partial charge is 0.356 e. The molecule has 2 aromatic carbocycles. The summed E-state index contributed by atoms with van der Waals surface area (Å²) in [6.07, 6.45) is 0.166. The molecule has 1 aliphatic rings. The Morgan fingerprint density at radius 3 is 2.76 bits per heavy atom. The Morgan fingerprint density at radius 2 is 2.00 bits per heavy atom. The molecule has 1 atom stereocenters. The van der Waals surface area contributed by atoms with Gasteiger partial charge in [-0.05, 0) is 31.2 Å². The standard InChI is InChI=1S/C22H20FN3O3/c1-14-6-8-17(9-7-14)26-13-15(10-21(26)27)22(28)24-12-16-11-20(29-25-16)18-4-2-3-5-19(18)23/h2-9,11,15H,10,12-13H2,1H3,(H,24,28). The molecule has 1 aromatic heterocycles. The summed E-state index contributed by atoms with van der Waals surface area (Å²) in [5, 5.41) is 6.67. The van der Waals surface area contributed by atoms with E-state index in [2.05, 4.69) is 10.5 Å². The molecule has 0 aliphatic carbocycles. The Balaban J connectivity index is 1.36. The van der Waals surface area contributed by atoms with Crippen molar-refractivity contribution >= 4 is 17.5 Å². The number of rotatable bonds is 5. The summed E-state index contributed by atoms with van der Waals surface area (Å²) in [6, 6.07) is 15.5. The van der Waals surface area contributed by atoms with Gasteiger partial charge in [0.2, 0.25) is 11.8 Å². The van der Waals surface area contributed by atoms with Crippen LogP contribution in [0.2, 0.25) is 0 Å². The van der Waals surface area contributed by atoms with Crippen molar-refractivity contribution < 1.29 is 18.5 Å². The van der Waals surface area contributed by atoms with Crippen molar-refractivity contribution in [3.05, 3.63) is 71.7 Å². The highest BCUT2D eigenvalue weighted by Gasteiger charge is 2.35. The van der Waals surface area contributed by atoms with Crippen molar-refractivity contribution in [3.8, 4) is 11.3 Å². The Kier molecular flexibility index (Phi) is 5.12. The molecule has 0 radical (unpaired) electrons. The number of hydrogen-bond donors (Lipinski definition) is 1. The van der Waals surface area contributed by atoms with Crippen LogP contribution < -0.4 is 10.2 Å². The van der Waals surface area contributed by atoms with E-state index in [-0.39, 0.29) is 24.8 Å². The summed E-state index contributed by atoms with van der Waals surface area (Å²) >= 11 is 0. The highest BCUT2D eigenvalue weighted by atomic mass is 19.1. The molecule has 1 aliphatic heterocycles. The SMILES string of the molecule is Cc1ccc(N2CC(C(=O)NCc3cc(-c4ccccc4F)on3)CC2=O)cc1. The van der Waals surface area contributed by atoms with Crippen LogP contribution in [0.1, 0.15) is 17.7 Å². The second kappa shape index (κ2) is 7.87. The number of amides is 2. The maximum Gasteiger partial charge on any atom is 0.227 e. The van der Waals surface area contributed by atoms with Gasteiger partial charge in [-0.1, -0.05) is 35.0 Å². The van der Waals surface area contributed by atoms with Crippen LogP contribution >= 0.6 is 0 Å². The molecule has 2 amide bonds. The van der Waals surface area contributed by atoms with Crippen molar-refractivity contribution in [2.45, 2.75) is 19.9 Å². The lowest BCUT2D eigenvalue weighted by molar-refractivity contribution is -0.126. The first-order valence-electron chi connectivity index (χ1n) is 9.36. The molecule has 29 heavy (non-hydrogen) atoms. The van der Waals surface area contributed by atoms with Crippen LogP contribution in [0, 0.1) is 18.7 Å². The fourth-order valence-electron chi connectivity index (χ4n) is 3.36. The van der Waals surface area contributed by atoms with Crippen LogP contribution in [-0.2, 0) is 16.1 Å². The minimum atomic E-state index is -0.429. The van der Waals surface area contributed by atoms with Gasteiger partial charge in [0.15, 0.2) is 5.76 Å². The summed E-state index contributed by atoms with van der Waals surface area (Å²) < 4.78 is 19.0. The Bertz CT molecular complexity index is 1050. The predicted molar refractivity (Wildman–Crippen MR) is 105 cm³/mol. The average Bonchev–Trinajstić information content (AvgIpc) is 3.34. The molecule has 148 valence electrons. The third-order valence-corrected chi connectivity index (χ3v) is 4.98. The van der Waals surface area contributed by atoms with E-state index in [1.54, 1.807) is 29.2 Å². The van der Waals surface area contributed by atoms with Crippen molar-refractivity contribution in [1.29, 1.82) is 0 Å². The van der Waals surface area contributed by atoms with Crippen LogP contribution in [0.4, 0.5) is 10.1 Å². The van der Waals surface area contributed by atoms with Crippen LogP contribution in [0.5, 0.6) is 0 Å². The quantitative estimate of drug-likeness (QED) is 0.720. The number of nitrogens with zero attached hydrogens (tertiary/aromatic N) is 2. The van der Waals surface area contributed by atoms with Crippen molar-refractivity contribution in [2.75, 3.05) is 11.4 Å². The van der Waals surface area contributed by atoms with Gasteiger partial charge in [-0.25, -0.2) is 4.39 Å². The van der Waals surface area contributed by atoms with E-state index in [1.165, 1.54) is 6.07 Å². The van der Waals surface area contributed by atoms with Gasteiger partial charge in [0.1, 0.15) is 11.5 Å². The summed E-state index contributed by atoms with van der Waals surface area (Å²) in [5.74, 6) is -0.823. The number of aromatic nitrogens is 1. The molecular weight excluding hydrogens is 373 g/mol. The lowest BCUT2D eigenvalue weighted by Crippen LogP contribution is -2.32. The van der Waals surface area contributed by atoms with E-state index in [0.29, 0.717) is 23.6 Å². The summed E-state index contributed by atoms with van der Waals surface area (Å²) in [5.41, 5.74) is 2.70. The molecule has 0 saturated carbocycles. The maximum absolute atomic E-state index is 13.8. The van der Waals surface area contributed by atoms with E-state index in [4.69, 9.17) is 4.52 Å². The summed E-state index contributed by atoms with van der Waals surface area (Å²) in [4.78, 5) is 26.5. The first kappa shape index (κ1) is 18.9. The van der Waals surface area contributed by atoms with E-state index in [0.717, 1.165) is 11.3 Å². The molecule has 0 bridgehead atoms. The highest BCUT2D eigenvalue weighted by Crippen LogP contribution is 2.26. The van der Waals surface area contributed by atoms with Crippen molar-refractivity contribution in [1.82, 2.24) is 10.5 Å². The van der Waals surface area contributed by atoms with Gasteiger partial charge in [-0.2, -0.15) is 0 Å². The van der Waals surface area contributed by atoms with Gasteiger partial charge in [-0.15, -0.1) is 0 Å². The molecule has 1 N–H and O–H groups in total. The number of benzene rings is 2. The monoisotopic (exact) mass is 393 g/mol. The Hall–Kier alpha value is -3.48. The summed E-state index contributed by atoms with van der Waals surface area (Å²) in [6.45, 7) is 2.46. The number of halogens is 1. The number of hydrogen-bond acceptors (Lipinski definition) is 4. The number of carbonyl (C=O) groups excluding carboxylic acids is 2. The normalized spacial score (nSPS) is 16.3. The summed E-state index contributed by atoms with van der Waals surface area (Å²) in [7, 11) is 0. The minimum Gasteiger partial charge on any atom is -0.356 e. The fourth-order valence-corrected chi connectivity index (χ4v) is 3.36. The molecule has 2 heterocycles. The first-order chi connectivity index (χ1) is 14.0. The Labute approximate surface area is 167 Å². The Morgan fingerprint density at radius 1 is 1.24 bits per heavy atom. The van der Waals surface area contributed by atoms with Crippen LogP contribution in [0.25, 0.3) is 11.3 Å². The fraction of sp³-hybridized carbons (Fsp3) is 0.227. The number of nitrogens with one attached hydrogen (secondary N) is 1. The van der Waals surface area contributed by atoms with Gasteiger partial charge in [-0.3, -0.25) is 9.59 Å². The van der Waals surface area contributed by atoms with E-state index in [9.17, 15) is 14.0 Å². The van der Waals surface area contributed by atoms with Gasteiger partial charge >= 0.3 is 0 Å². The van der Waals surface area contributed by atoms with E-state index in [1.807, 2.05) is 31.2 Å². The van der Waals surface area contributed by atoms with Gasteiger partial charge < -0.3 is 14.7 Å². The first-order valence-corrected chi connectivity index (χ1v) is 9.36. The van der Waals surface area contributed by atoms with Crippen LogP contribution in [0.3, 0.4) is 0 Å². The van der Waals surface area contributed by atoms with Gasteiger partial charge in [0.05, 0.1) is 18.0 Å². The van der Waals surface area contributed by atoms with Gasteiger partial charge in [0, 0.05) is 24.7 Å². The third kappa shape index (κ3) is 4.03. The van der Waals surface area contributed by atoms with Crippen LogP contribution in [-0.4, -0.2) is 23.5 Å². The predicted octanol–water partition coefficient (Wildman–Crippen LogP) is 3.46. The number of carbonyl (C=O) groups is 2. The highest BCUT2D eigenvalue weighted by molar-refractivity contribution is 6.00. The molecule has 0 spiro atoms. The molecule has 4 rings (SSSR count). The molecule has 3 aromatic rings. The maximum atomic E-state index is 13.8. The van der Waals surface area contributed by atoms with Crippen LogP contribution in [0.15, 0.2) is 59.1 Å². The lowest BCUT2D eigenvalue weighted by atomic mass is 10.1. The topological polar surface area (TPSA) is 75.4 Å². The van der Waals surface area contributed by atoms with E-state index < -0.39 is 11.7 Å². The second-order valence-corrected chi connectivity index (χ2v) is 7.12. The molecular formula is C22H20FN3O3. The zero-order chi connectivity index (χ0) is 20.4. The molecule has 1 fully saturated rings. The van der Waals surface area contributed by atoms with Crippen molar-refractivity contribution in [3.63, 3.8) is 0 Å². The number of aryl methyl sites for hydroxylation is 1. The van der Waals surface area contributed by atoms with E-state index >= 15 is 0 Å².